The molecule has 8 heteroatoms. The van der Waals surface area contributed by atoms with Crippen LogP contribution in [0, 0.1) is 11.3 Å². The molecule has 0 amide bonds. The molecule has 1 aromatic carbocycles. The predicted molar refractivity (Wildman–Crippen MR) is 49.1 cm³/mol. The maximum Gasteiger partial charge on any atom is 0.417 e. The number of hydrogen-bond acceptors (Lipinski definition) is 2. The van der Waals surface area contributed by atoms with Crippen molar-refractivity contribution in [3.05, 3.63) is 34.4 Å². The molecule has 0 heterocycles. The predicted octanol–water partition coefficient (Wildman–Crippen LogP) is 3.05. The second kappa shape index (κ2) is 4.49. The second-order valence-electron chi connectivity index (χ2n) is 3.37. The molecule has 0 aliphatic carbocycles. The number of alkyl halides is 6. The summed E-state index contributed by atoms with van der Waals surface area (Å²) in [6.45, 7) is -0.743. The molecule has 2 N–H and O–H groups in total. The molecule has 0 spiro atoms. The highest BCUT2D eigenvalue weighted by Crippen LogP contribution is 2.42. The van der Waals surface area contributed by atoms with Gasteiger partial charge in [-0.3, -0.25) is 0 Å². The van der Waals surface area contributed by atoms with E-state index >= 15 is 0 Å². The highest BCUT2D eigenvalue weighted by atomic mass is 19.4. The van der Waals surface area contributed by atoms with Crippen LogP contribution < -0.4 is 5.73 Å². The quantitative estimate of drug-likeness (QED) is 0.796. The molecule has 18 heavy (non-hydrogen) atoms. The van der Waals surface area contributed by atoms with Crippen LogP contribution >= 0.6 is 0 Å². The first-order valence-corrected chi connectivity index (χ1v) is 4.52. The summed E-state index contributed by atoms with van der Waals surface area (Å²) in [5, 5.41) is 8.50. The first-order valence-electron chi connectivity index (χ1n) is 4.52. The minimum absolute atomic E-state index is 0.169. The van der Waals surface area contributed by atoms with E-state index in [-0.39, 0.29) is 6.07 Å². The Morgan fingerprint density at radius 1 is 1.06 bits per heavy atom. The van der Waals surface area contributed by atoms with Crippen LogP contribution in [0.4, 0.5) is 26.3 Å². The molecular weight excluding hydrogens is 262 g/mol. The SMILES string of the molecule is N#Cc1cc(CN)c(C(F)(F)F)c(C(F)(F)F)c1. The van der Waals surface area contributed by atoms with Gasteiger partial charge in [0, 0.05) is 6.54 Å². The van der Waals surface area contributed by atoms with Gasteiger partial charge in [0.1, 0.15) is 0 Å². The number of halogens is 6. The van der Waals surface area contributed by atoms with Gasteiger partial charge in [-0.05, 0) is 17.7 Å². The second-order valence-corrected chi connectivity index (χ2v) is 3.37. The van der Waals surface area contributed by atoms with Crippen molar-refractivity contribution in [1.82, 2.24) is 0 Å². The van der Waals surface area contributed by atoms with Crippen LogP contribution in [0.15, 0.2) is 12.1 Å². The van der Waals surface area contributed by atoms with Crippen LogP contribution in [-0.2, 0) is 18.9 Å². The number of nitrogens with zero attached hydrogens (tertiary/aromatic N) is 1. The lowest BCUT2D eigenvalue weighted by atomic mass is 9.97. The zero-order chi connectivity index (χ0) is 14.1. The van der Waals surface area contributed by atoms with Crippen LogP contribution in [-0.4, -0.2) is 0 Å². The Bertz CT molecular complexity index is 495. The maximum absolute atomic E-state index is 12.6. The molecule has 0 atom stereocenters. The summed E-state index contributed by atoms with van der Waals surface area (Å²) in [5.74, 6) is 0. The number of benzene rings is 1. The highest BCUT2D eigenvalue weighted by molar-refractivity contribution is 5.46. The summed E-state index contributed by atoms with van der Waals surface area (Å²) in [6.07, 6.45) is -10.4. The molecule has 0 saturated heterocycles. The average Bonchev–Trinajstić information content (AvgIpc) is 2.24. The Kier molecular flexibility index (Phi) is 3.57. The summed E-state index contributed by atoms with van der Waals surface area (Å²) in [4.78, 5) is 0. The normalized spacial score (nSPS) is 12.3. The molecule has 0 aromatic heterocycles. The van der Waals surface area contributed by atoms with Crippen LogP contribution in [0.1, 0.15) is 22.3 Å². The molecule has 1 rings (SSSR count). The van der Waals surface area contributed by atoms with Gasteiger partial charge in [0.15, 0.2) is 0 Å². The van der Waals surface area contributed by atoms with Crippen molar-refractivity contribution < 1.29 is 26.3 Å². The molecule has 0 bridgehead atoms. The van der Waals surface area contributed by atoms with E-state index in [0.29, 0.717) is 6.07 Å². The summed E-state index contributed by atoms with van der Waals surface area (Å²) in [5.41, 5.74) is 0.00229. The van der Waals surface area contributed by atoms with Crippen LogP contribution in [0.25, 0.3) is 0 Å². The van der Waals surface area contributed by atoms with Gasteiger partial charge < -0.3 is 5.73 Å². The van der Waals surface area contributed by atoms with E-state index in [1.165, 1.54) is 6.07 Å². The first-order chi connectivity index (χ1) is 8.11. The summed E-state index contributed by atoms with van der Waals surface area (Å²) >= 11 is 0. The summed E-state index contributed by atoms with van der Waals surface area (Å²) in [6, 6.07) is 2.24. The third kappa shape index (κ3) is 2.73. The smallest absolute Gasteiger partial charge is 0.326 e. The molecule has 0 radical (unpaired) electrons. The molecular formula is C10H6F6N2. The Morgan fingerprint density at radius 3 is 1.94 bits per heavy atom. The van der Waals surface area contributed by atoms with Crippen molar-refractivity contribution in [2.24, 2.45) is 5.73 Å². The van der Waals surface area contributed by atoms with E-state index in [1.807, 2.05) is 0 Å². The molecule has 0 fully saturated rings. The van der Waals surface area contributed by atoms with Crippen molar-refractivity contribution in [3.8, 4) is 6.07 Å². The number of rotatable bonds is 1. The number of hydrogen-bond donors (Lipinski definition) is 1. The molecule has 0 aliphatic heterocycles. The third-order valence-corrected chi connectivity index (χ3v) is 2.16. The van der Waals surface area contributed by atoms with Crippen molar-refractivity contribution in [3.63, 3.8) is 0 Å². The van der Waals surface area contributed by atoms with Gasteiger partial charge in [-0.1, -0.05) is 0 Å². The first kappa shape index (κ1) is 14.3. The average molecular weight is 268 g/mol. The van der Waals surface area contributed by atoms with Gasteiger partial charge in [0.05, 0.1) is 22.8 Å². The van der Waals surface area contributed by atoms with Gasteiger partial charge in [-0.25, -0.2) is 0 Å². The van der Waals surface area contributed by atoms with E-state index in [1.54, 1.807) is 0 Å². The zero-order valence-corrected chi connectivity index (χ0v) is 8.65. The Labute approximate surface area is 97.6 Å². The molecule has 1 aromatic rings. The highest BCUT2D eigenvalue weighted by Gasteiger charge is 2.44. The molecule has 0 saturated carbocycles. The fourth-order valence-electron chi connectivity index (χ4n) is 1.49. The van der Waals surface area contributed by atoms with E-state index < -0.39 is 41.2 Å². The van der Waals surface area contributed by atoms with Crippen LogP contribution in [0.5, 0.6) is 0 Å². The maximum atomic E-state index is 12.6. The topological polar surface area (TPSA) is 49.8 Å². The minimum atomic E-state index is -5.21. The monoisotopic (exact) mass is 268 g/mol. The molecule has 2 nitrogen and oxygen atoms in total. The molecule has 0 aliphatic rings. The minimum Gasteiger partial charge on any atom is -0.326 e. The third-order valence-electron chi connectivity index (χ3n) is 2.16. The van der Waals surface area contributed by atoms with E-state index in [4.69, 9.17) is 11.0 Å². The lowest BCUT2D eigenvalue weighted by Gasteiger charge is -2.18. The van der Waals surface area contributed by atoms with Crippen molar-refractivity contribution in [2.75, 3.05) is 0 Å². The van der Waals surface area contributed by atoms with Gasteiger partial charge >= 0.3 is 12.4 Å². The van der Waals surface area contributed by atoms with Crippen molar-refractivity contribution in [1.29, 1.82) is 5.26 Å². The molecule has 98 valence electrons. The van der Waals surface area contributed by atoms with Crippen molar-refractivity contribution in [2.45, 2.75) is 18.9 Å². The van der Waals surface area contributed by atoms with Gasteiger partial charge in [0.25, 0.3) is 0 Å². The summed E-state index contributed by atoms with van der Waals surface area (Å²) < 4.78 is 75.6. The van der Waals surface area contributed by atoms with Crippen LogP contribution in [0.3, 0.4) is 0 Å². The molecule has 0 unspecified atom stereocenters. The largest absolute Gasteiger partial charge is 0.417 e. The lowest BCUT2D eigenvalue weighted by Crippen LogP contribution is -2.20. The van der Waals surface area contributed by atoms with Gasteiger partial charge in [-0.2, -0.15) is 31.6 Å². The summed E-state index contributed by atoms with van der Waals surface area (Å²) in [7, 11) is 0. The lowest BCUT2D eigenvalue weighted by molar-refractivity contribution is -0.162. The van der Waals surface area contributed by atoms with Crippen LogP contribution in [0.2, 0.25) is 0 Å². The van der Waals surface area contributed by atoms with E-state index in [9.17, 15) is 26.3 Å². The van der Waals surface area contributed by atoms with Gasteiger partial charge in [-0.15, -0.1) is 0 Å². The fourth-order valence-corrected chi connectivity index (χ4v) is 1.49. The number of nitrogens with two attached hydrogens (primary N) is 1. The van der Waals surface area contributed by atoms with Crippen molar-refractivity contribution >= 4 is 0 Å². The Balaban J connectivity index is 3.71. The standard InChI is InChI=1S/C10H6F6N2/c11-9(12,13)7-2-5(3-17)1-6(4-18)8(7)10(14,15)16/h1-2H,4,18H2. The Morgan fingerprint density at radius 2 is 1.61 bits per heavy atom. The van der Waals surface area contributed by atoms with E-state index in [2.05, 4.69) is 0 Å². The van der Waals surface area contributed by atoms with Gasteiger partial charge in [0.2, 0.25) is 0 Å². The fraction of sp³-hybridized carbons (Fsp3) is 0.300. The zero-order valence-electron chi connectivity index (χ0n) is 8.65. The van der Waals surface area contributed by atoms with E-state index in [0.717, 1.165) is 0 Å². The number of nitriles is 1. The Hall–Kier alpha value is -1.75.